The second-order valence-corrected chi connectivity index (χ2v) is 12.6. The van der Waals surface area contributed by atoms with Crippen molar-refractivity contribution in [3.63, 3.8) is 0 Å². The fourth-order valence-electron chi connectivity index (χ4n) is 3.38. The normalized spacial score (nSPS) is 23.4. The standard InChI is InChI=1S/C17H25SSi.2ClH.Ti/c1-6-18-17(12-11-14(2)13-15(17)3)19(4,5)16-9-7-8-10-16;;;/h7,9,11,13H,6,8,12H2,1-5H3;2*1H;/q-1;;;+3/p-2. The Hall–Kier alpha value is 0.821. The van der Waals surface area contributed by atoms with E-state index in [1.807, 2.05) is 0 Å². The predicted molar refractivity (Wildman–Crippen MR) is 91.0 cm³/mol. The molecule has 2 aliphatic rings. The third-order valence-electron chi connectivity index (χ3n) is 4.56. The second-order valence-electron chi connectivity index (χ2n) is 6.06. The predicted octanol–water partition coefficient (Wildman–Crippen LogP) is -0.744. The van der Waals surface area contributed by atoms with E-state index in [2.05, 4.69) is 76.0 Å². The molecule has 121 valence electrons. The van der Waals surface area contributed by atoms with Gasteiger partial charge >= 0.3 is 21.7 Å². The summed E-state index contributed by atoms with van der Waals surface area (Å²) in [5.74, 6) is 1.19. The van der Waals surface area contributed by atoms with E-state index < -0.39 is 8.07 Å². The second kappa shape index (κ2) is 9.96. The van der Waals surface area contributed by atoms with Gasteiger partial charge in [0.2, 0.25) is 0 Å². The van der Waals surface area contributed by atoms with Crippen LogP contribution in [0.3, 0.4) is 0 Å². The fourth-order valence-corrected chi connectivity index (χ4v) is 9.75. The monoisotopic (exact) mass is 407 g/mol. The van der Waals surface area contributed by atoms with E-state index in [1.54, 1.807) is 5.57 Å². The average Bonchev–Trinajstić information content (AvgIpc) is 2.87. The summed E-state index contributed by atoms with van der Waals surface area (Å²) < 4.78 is 0.318. The summed E-state index contributed by atoms with van der Waals surface area (Å²) in [6.07, 6.45) is 15.3. The average molecular weight is 408 g/mol. The molecule has 0 fully saturated rings. The summed E-state index contributed by atoms with van der Waals surface area (Å²) >= 11 is 2.16. The van der Waals surface area contributed by atoms with Crippen LogP contribution in [0.5, 0.6) is 0 Å². The zero-order valence-electron chi connectivity index (χ0n) is 14.1. The molecule has 0 saturated heterocycles. The van der Waals surface area contributed by atoms with Crippen LogP contribution in [-0.4, -0.2) is 18.2 Å². The number of halogens is 2. The van der Waals surface area contributed by atoms with Gasteiger partial charge in [0.05, 0.1) is 8.07 Å². The third-order valence-corrected chi connectivity index (χ3v) is 12.1. The molecule has 0 saturated carbocycles. The number of hydrogen-bond donors (Lipinski definition) is 0. The van der Waals surface area contributed by atoms with E-state index in [4.69, 9.17) is 0 Å². The van der Waals surface area contributed by atoms with E-state index in [1.165, 1.54) is 22.9 Å². The first kappa shape index (κ1) is 25.1. The van der Waals surface area contributed by atoms with Gasteiger partial charge in [0.25, 0.3) is 0 Å². The first-order valence-electron chi connectivity index (χ1n) is 7.21. The van der Waals surface area contributed by atoms with Gasteiger partial charge in [0.1, 0.15) is 0 Å². The van der Waals surface area contributed by atoms with Gasteiger partial charge in [-0.1, -0.05) is 43.3 Å². The topological polar surface area (TPSA) is 0 Å². The molecule has 2 aliphatic carbocycles. The molecule has 1 radical (unpaired) electrons. The van der Waals surface area contributed by atoms with Crippen molar-refractivity contribution in [1.29, 1.82) is 0 Å². The van der Waals surface area contributed by atoms with E-state index in [9.17, 15) is 0 Å². The van der Waals surface area contributed by atoms with Crippen molar-refractivity contribution >= 4 is 19.8 Å². The summed E-state index contributed by atoms with van der Waals surface area (Å²) in [5, 5.41) is 1.52. The minimum absolute atomic E-state index is 0. The molecule has 0 heterocycles. The van der Waals surface area contributed by atoms with Gasteiger partial charge in [-0.15, -0.1) is 6.42 Å². The molecule has 0 aliphatic heterocycles. The molecule has 5 heteroatoms. The number of rotatable bonds is 4. The SMILES string of the molecule is CCSC1([Si](C)(C)C2=[C-]CC=C2)CC=C(C)C=C1C.[Cl-].[Cl-].[Ti+3]. The van der Waals surface area contributed by atoms with E-state index >= 15 is 0 Å². The Morgan fingerprint density at radius 2 is 1.91 bits per heavy atom. The summed E-state index contributed by atoms with van der Waals surface area (Å²) in [6.45, 7) is 11.9. The van der Waals surface area contributed by atoms with Crippen molar-refractivity contribution in [1.82, 2.24) is 0 Å². The van der Waals surface area contributed by atoms with Crippen molar-refractivity contribution in [2.75, 3.05) is 5.75 Å². The molecule has 0 nitrogen and oxygen atoms in total. The Bertz CT molecular complexity index is 495. The van der Waals surface area contributed by atoms with Crippen LogP contribution in [0.15, 0.2) is 40.6 Å². The molecular weight excluding hydrogens is 383 g/mol. The van der Waals surface area contributed by atoms with Gasteiger partial charge in [0.15, 0.2) is 0 Å². The fraction of sp³-hybridized carbons (Fsp3) is 0.529. The zero-order valence-corrected chi connectivity index (χ0v) is 19.0. The molecule has 0 aromatic carbocycles. The molecule has 0 bridgehead atoms. The van der Waals surface area contributed by atoms with Gasteiger partial charge < -0.3 is 24.8 Å². The molecular formula is C17H25Cl2SSiTi. The van der Waals surface area contributed by atoms with Gasteiger partial charge in [-0.05, 0) is 26.0 Å². The summed E-state index contributed by atoms with van der Waals surface area (Å²) in [5.41, 5.74) is 3.00. The van der Waals surface area contributed by atoms with Crippen LogP contribution in [0.25, 0.3) is 0 Å². The Kier molecular flexibility index (Phi) is 11.3. The maximum atomic E-state index is 3.62. The molecule has 0 aromatic heterocycles. The first-order valence-corrected chi connectivity index (χ1v) is 11.2. The number of thioether (sulfide) groups is 1. The molecule has 2 rings (SSSR count). The minimum atomic E-state index is -1.56. The van der Waals surface area contributed by atoms with Gasteiger partial charge in [0, 0.05) is 4.37 Å². The van der Waals surface area contributed by atoms with Crippen LogP contribution in [0.2, 0.25) is 13.1 Å². The van der Waals surface area contributed by atoms with Gasteiger partial charge in [-0.2, -0.15) is 17.8 Å². The van der Waals surface area contributed by atoms with Crippen molar-refractivity contribution in [2.24, 2.45) is 0 Å². The Labute approximate surface area is 169 Å². The Balaban J connectivity index is 0. The van der Waals surface area contributed by atoms with Crippen molar-refractivity contribution in [3.8, 4) is 0 Å². The first-order chi connectivity index (χ1) is 8.94. The third kappa shape index (κ3) is 4.46. The quantitative estimate of drug-likeness (QED) is 0.436. The molecule has 22 heavy (non-hydrogen) atoms. The van der Waals surface area contributed by atoms with Crippen LogP contribution < -0.4 is 24.8 Å². The number of allylic oxidation sites excluding steroid dienone is 7. The molecule has 0 spiro atoms. The Morgan fingerprint density at radius 1 is 1.27 bits per heavy atom. The number of hydrogen-bond acceptors (Lipinski definition) is 1. The van der Waals surface area contributed by atoms with Crippen LogP contribution in [0.1, 0.15) is 33.6 Å². The van der Waals surface area contributed by atoms with Crippen LogP contribution in [0, 0.1) is 6.08 Å². The van der Waals surface area contributed by atoms with Crippen molar-refractivity contribution in [3.05, 3.63) is 46.7 Å². The minimum Gasteiger partial charge on any atom is -1.00 e. The van der Waals surface area contributed by atoms with E-state index in [-0.39, 0.29) is 46.5 Å². The maximum Gasteiger partial charge on any atom is 3.00 e. The smallest absolute Gasteiger partial charge is 1.00 e. The van der Waals surface area contributed by atoms with E-state index in [0.29, 0.717) is 4.37 Å². The van der Waals surface area contributed by atoms with Crippen LogP contribution in [0.4, 0.5) is 0 Å². The molecule has 0 N–H and O–H groups in total. The summed E-state index contributed by atoms with van der Waals surface area (Å²) in [7, 11) is -1.56. The summed E-state index contributed by atoms with van der Waals surface area (Å²) in [6, 6.07) is 0. The van der Waals surface area contributed by atoms with Crippen molar-refractivity contribution < 1.29 is 46.5 Å². The van der Waals surface area contributed by atoms with Gasteiger partial charge in [-0.25, -0.2) is 11.3 Å². The van der Waals surface area contributed by atoms with Crippen LogP contribution in [-0.2, 0) is 21.7 Å². The Morgan fingerprint density at radius 3 is 2.36 bits per heavy atom. The largest absolute Gasteiger partial charge is 3.00 e. The molecule has 0 aromatic rings. The van der Waals surface area contributed by atoms with E-state index in [0.717, 1.165) is 6.42 Å². The van der Waals surface area contributed by atoms with Crippen LogP contribution >= 0.6 is 11.8 Å². The molecule has 1 atom stereocenters. The van der Waals surface area contributed by atoms with Gasteiger partial charge in [-0.3, -0.25) is 6.08 Å². The summed E-state index contributed by atoms with van der Waals surface area (Å²) in [4.78, 5) is 0. The maximum absolute atomic E-state index is 3.62. The molecule has 0 amide bonds. The zero-order chi connectivity index (χ0) is 14.1. The van der Waals surface area contributed by atoms with Crippen molar-refractivity contribution in [2.45, 2.75) is 51.1 Å². The molecule has 1 unspecified atom stereocenters.